The number of ether oxygens (including phenoxy) is 5. The van der Waals surface area contributed by atoms with Crippen LogP contribution in [0.15, 0.2) is 54.7 Å². The van der Waals surface area contributed by atoms with Crippen LogP contribution in [0.25, 0.3) is 44.5 Å². The number of aryl methyl sites for hydroxylation is 4. The lowest BCUT2D eigenvalue weighted by Crippen LogP contribution is -2.20. The molecule has 0 atom stereocenters. The van der Waals surface area contributed by atoms with Gasteiger partial charge in [-0.25, -0.2) is 15.0 Å². The molecule has 69 heavy (non-hydrogen) atoms. The molecular weight excluding hydrogens is 893 g/mol. The zero-order valence-corrected chi connectivity index (χ0v) is 39.2. The Bertz CT molecular complexity index is 3040. The maximum Gasteiger partial charge on any atom is 0.305 e. The van der Waals surface area contributed by atoms with Crippen LogP contribution in [-0.4, -0.2) is 126 Å². The first-order chi connectivity index (χ1) is 33.3. The average Bonchev–Trinajstić information content (AvgIpc) is 4.09. The van der Waals surface area contributed by atoms with Gasteiger partial charge in [0.15, 0.2) is 5.82 Å². The summed E-state index contributed by atoms with van der Waals surface area (Å²) in [6.45, 7) is 10.5. The first-order valence-corrected chi connectivity index (χ1v) is 22.5. The maximum atomic E-state index is 13.9. The highest BCUT2D eigenvalue weighted by Crippen LogP contribution is 2.37. The van der Waals surface area contributed by atoms with E-state index in [1.165, 1.54) is 0 Å². The van der Waals surface area contributed by atoms with Crippen LogP contribution in [0.1, 0.15) is 69.3 Å². The molecule has 0 aliphatic heterocycles. The van der Waals surface area contributed by atoms with Crippen LogP contribution in [0.4, 0.5) is 5.95 Å². The van der Waals surface area contributed by atoms with E-state index in [0.717, 1.165) is 11.4 Å². The van der Waals surface area contributed by atoms with Crippen LogP contribution in [0.2, 0.25) is 0 Å². The Balaban J connectivity index is 1.28. The van der Waals surface area contributed by atoms with Gasteiger partial charge < -0.3 is 49.4 Å². The minimum Gasteiger partial charge on any atom is -0.491 e. The molecule has 22 nitrogen and oxygen atoms in total. The molecule has 3 amide bonds. The summed E-state index contributed by atoms with van der Waals surface area (Å²) in [5.41, 5.74) is 16.6. The fraction of sp³-hybridized carbons (Fsp3) is 0.383. The number of rotatable bonds is 26. The van der Waals surface area contributed by atoms with Crippen molar-refractivity contribution < 1.29 is 48.0 Å². The van der Waals surface area contributed by atoms with Crippen LogP contribution in [0.3, 0.4) is 0 Å². The number of carboxylic acid groups (broad SMARTS) is 1. The van der Waals surface area contributed by atoms with Gasteiger partial charge in [0.2, 0.25) is 17.8 Å². The number of carboxylic acids is 1. The van der Waals surface area contributed by atoms with E-state index < -0.39 is 23.7 Å². The van der Waals surface area contributed by atoms with Crippen molar-refractivity contribution in [2.75, 3.05) is 58.7 Å². The molecule has 6 N–H and O–H groups in total. The van der Waals surface area contributed by atoms with Gasteiger partial charge in [0.25, 0.3) is 5.91 Å². The SMILES string of the molecule is CCn1nc(C)cc1C(=O)Nc1nc2cc(C(N)=O)cc(OCCCOC)c2n1C/C=C/Cn1c2nc(-c3cc(C)nn3CC)ncc2c2cc(C(N)=O)cc(OCCOCCOCCC(=O)O)c21. The number of carbonyl (C=O) groups is 4. The molecule has 0 aliphatic rings. The maximum absolute atomic E-state index is 13.9. The number of aromatic nitrogens is 9. The van der Waals surface area contributed by atoms with Crippen molar-refractivity contribution in [2.45, 2.75) is 66.7 Å². The number of aliphatic carboxylic acids is 1. The second kappa shape index (κ2) is 22.4. The number of methoxy groups -OCH3 is 1. The number of nitrogens with one attached hydrogen (secondary N) is 1. The molecule has 0 saturated heterocycles. The van der Waals surface area contributed by atoms with Crippen LogP contribution >= 0.6 is 0 Å². The van der Waals surface area contributed by atoms with Crippen molar-refractivity contribution in [3.63, 3.8) is 0 Å². The second-order valence-electron chi connectivity index (χ2n) is 15.8. The van der Waals surface area contributed by atoms with Crippen LogP contribution in [-0.2, 0) is 45.2 Å². The Morgan fingerprint density at radius 1 is 0.725 bits per heavy atom. The number of nitrogens with two attached hydrogens (primary N) is 2. The highest BCUT2D eigenvalue weighted by Gasteiger charge is 2.24. The lowest BCUT2D eigenvalue weighted by Gasteiger charge is -2.13. The molecule has 7 aromatic rings. The van der Waals surface area contributed by atoms with E-state index in [2.05, 4.69) is 15.5 Å². The van der Waals surface area contributed by atoms with Crippen LogP contribution in [0.5, 0.6) is 11.5 Å². The predicted octanol–water partition coefficient (Wildman–Crippen LogP) is 4.66. The number of nitrogens with zero attached hydrogens (tertiary/aromatic N) is 9. The highest BCUT2D eigenvalue weighted by molar-refractivity contribution is 6.12. The van der Waals surface area contributed by atoms with Crippen LogP contribution < -0.4 is 26.3 Å². The van der Waals surface area contributed by atoms with Crippen molar-refractivity contribution >= 4 is 62.6 Å². The summed E-state index contributed by atoms with van der Waals surface area (Å²) < 4.78 is 36.0. The van der Waals surface area contributed by atoms with E-state index in [1.807, 2.05) is 48.2 Å². The van der Waals surface area contributed by atoms with E-state index in [4.69, 9.17) is 55.2 Å². The number of imidazole rings is 1. The fourth-order valence-corrected chi connectivity index (χ4v) is 7.81. The average molecular weight is 949 g/mol. The summed E-state index contributed by atoms with van der Waals surface area (Å²) in [6.07, 6.45) is 5.98. The third-order valence-electron chi connectivity index (χ3n) is 10.9. The molecule has 22 heteroatoms. The van der Waals surface area contributed by atoms with Crippen molar-refractivity contribution in [1.82, 2.24) is 43.6 Å². The third kappa shape index (κ3) is 11.4. The highest BCUT2D eigenvalue weighted by atomic mass is 16.5. The zero-order valence-electron chi connectivity index (χ0n) is 39.2. The molecule has 0 bridgehead atoms. The molecular formula is C47H56N12O10. The van der Waals surface area contributed by atoms with Gasteiger partial charge in [-0.2, -0.15) is 10.2 Å². The largest absolute Gasteiger partial charge is 0.491 e. The summed E-state index contributed by atoms with van der Waals surface area (Å²) in [6, 6.07) is 9.99. The Morgan fingerprint density at radius 2 is 1.36 bits per heavy atom. The van der Waals surface area contributed by atoms with Crippen LogP contribution in [0, 0.1) is 13.8 Å². The van der Waals surface area contributed by atoms with E-state index in [9.17, 15) is 19.2 Å². The quantitative estimate of drug-likeness (QED) is 0.0424. The first kappa shape index (κ1) is 49.2. The molecule has 5 heterocycles. The third-order valence-corrected chi connectivity index (χ3v) is 10.9. The Hall–Kier alpha value is -7.69. The first-order valence-electron chi connectivity index (χ1n) is 22.5. The number of hydrogen-bond acceptors (Lipinski definition) is 14. The van der Waals surface area contributed by atoms with Crippen molar-refractivity contribution in [2.24, 2.45) is 11.5 Å². The fourth-order valence-electron chi connectivity index (χ4n) is 7.81. The molecule has 2 aromatic carbocycles. The number of hydrogen-bond donors (Lipinski definition) is 4. The Kier molecular flexibility index (Phi) is 16.0. The lowest BCUT2D eigenvalue weighted by molar-refractivity contribution is -0.138. The van der Waals surface area contributed by atoms with Crippen molar-refractivity contribution in [1.29, 1.82) is 0 Å². The molecule has 0 radical (unpaired) electrons. The number of amides is 3. The van der Waals surface area contributed by atoms with Gasteiger partial charge in [-0.05, 0) is 64.1 Å². The van der Waals surface area contributed by atoms with Crippen molar-refractivity contribution in [3.05, 3.63) is 83.0 Å². The smallest absolute Gasteiger partial charge is 0.305 e. The Morgan fingerprint density at radius 3 is 2.06 bits per heavy atom. The van der Waals surface area contributed by atoms with Gasteiger partial charge in [0, 0.05) is 74.4 Å². The summed E-state index contributed by atoms with van der Waals surface area (Å²) in [5.74, 6) is -1.42. The predicted molar refractivity (Wildman–Crippen MR) is 255 cm³/mol. The van der Waals surface area contributed by atoms with Gasteiger partial charge in [-0.3, -0.25) is 33.9 Å². The molecule has 0 saturated carbocycles. The number of fused-ring (bicyclic) bond motifs is 4. The molecule has 0 fully saturated rings. The standard InChI is InChI=1S/C47H56N12O10/c1-6-58-35(21-28(3)54-58)44-50-27-33-32-23-30(42(48)62)25-37(69-20-19-67-18-17-66-16-11-39(60)61)40(32)56(45(33)52-44)12-8-9-13-57-41-34(24-31(43(49)63)26-38(41)68-15-10-14-65-5)51-47(57)53-46(64)36-22-29(4)55-59(36)7-2/h8-9,21-27H,6-7,10-20H2,1-5H3,(H2,48,62)(H2,49,63)(H,60,61)(H,51,53,64)/b9-8+. The van der Waals surface area contributed by atoms with E-state index in [-0.39, 0.29) is 76.2 Å². The zero-order chi connectivity index (χ0) is 49.2. The number of allylic oxidation sites excluding steroid dienone is 2. The van der Waals surface area contributed by atoms with Gasteiger partial charge in [-0.1, -0.05) is 12.2 Å². The van der Waals surface area contributed by atoms with Gasteiger partial charge in [0.1, 0.15) is 40.7 Å². The van der Waals surface area contributed by atoms with E-state index in [0.29, 0.717) is 87.8 Å². The topological polar surface area (TPSA) is 283 Å². The normalized spacial score (nSPS) is 11.7. The molecule has 7 rings (SSSR count). The van der Waals surface area contributed by atoms with E-state index in [1.54, 1.807) is 59.8 Å². The van der Waals surface area contributed by atoms with Gasteiger partial charge >= 0.3 is 5.97 Å². The minimum absolute atomic E-state index is 0.0716. The van der Waals surface area contributed by atoms with Gasteiger partial charge in [0.05, 0.1) is 61.9 Å². The summed E-state index contributed by atoms with van der Waals surface area (Å²) >= 11 is 0. The van der Waals surface area contributed by atoms with Crippen molar-refractivity contribution in [3.8, 4) is 23.0 Å². The monoisotopic (exact) mass is 948 g/mol. The molecule has 364 valence electrons. The number of anilines is 1. The Labute approximate surface area is 396 Å². The lowest BCUT2D eigenvalue weighted by atomic mass is 10.1. The molecule has 0 spiro atoms. The second-order valence-corrected chi connectivity index (χ2v) is 15.8. The molecule has 0 aliphatic carbocycles. The summed E-state index contributed by atoms with van der Waals surface area (Å²) in [4.78, 5) is 64.6. The summed E-state index contributed by atoms with van der Waals surface area (Å²) in [7, 11) is 1.60. The minimum atomic E-state index is -0.948. The summed E-state index contributed by atoms with van der Waals surface area (Å²) in [5, 5.41) is 22.1. The van der Waals surface area contributed by atoms with Gasteiger partial charge in [-0.15, -0.1) is 0 Å². The molecule has 5 aromatic heterocycles. The number of primary amides is 2. The number of benzene rings is 2. The molecule has 0 unspecified atom stereocenters. The van der Waals surface area contributed by atoms with E-state index >= 15 is 0 Å². The number of carbonyl (C=O) groups excluding carboxylic acids is 3.